The average Bonchev–Trinajstić information content (AvgIpc) is 2.91. The van der Waals surface area contributed by atoms with Gasteiger partial charge in [-0.1, -0.05) is 23.7 Å². The van der Waals surface area contributed by atoms with Gasteiger partial charge >= 0.3 is 0 Å². The summed E-state index contributed by atoms with van der Waals surface area (Å²) < 4.78 is 38.8. The number of fused-ring (bicyclic) bond motifs is 1. The minimum absolute atomic E-state index is 0.155. The SMILES string of the molecule is COc1cc2ncnc(Nc3ccc(OCc4cccc(F)c4)c(Cl)c3)c2cc1NC(=O)/C(F)=C/CN(C)C. The predicted molar refractivity (Wildman–Crippen MR) is 148 cm³/mol. The Balaban J connectivity index is 1.56. The quantitative estimate of drug-likeness (QED) is 0.229. The van der Waals surface area contributed by atoms with Crippen LogP contribution in [0.2, 0.25) is 5.02 Å². The molecule has 4 rings (SSSR count). The van der Waals surface area contributed by atoms with E-state index in [-0.39, 0.29) is 24.7 Å². The van der Waals surface area contributed by atoms with Gasteiger partial charge in [-0.05, 0) is 62.1 Å². The lowest BCUT2D eigenvalue weighted by Crippen LogP contribution is -2.16. The van der Waals surface area contributed by atoms with Crippen LogP contribution in [0.4, 0.5) is 26.0 Å². The van der Waals surface area contributed by atoms with E-state index in [0.29, 0.717) is 44.5 Å². The van der Waals surface area contributed by atoms with Crippen molar-refractivity contribution in [3.05, 3.63) is 89.2 Å². The second-order valence-electron chi connectivity index (χ2n) is 8.75. The van der Waals surface area contributed by atoms with Crippen LogP contribution in [0.25, 0.3) is 10.9 Å². The second kappa shape index (κ2) is 12.5. The monoisotopic (exact) mass is 553 g/mol. The number of nitrogens with one attached hydrogen (secondary N) is 2. The predicted octanol–water partition coefficient (Wildman–Crippen LogP) is 6.11. The van der Waals surface area contributed by atoms with E-state index in [1.807, 2.05) is 0 Å². The maximum atomic E-state index is 14.3. The molecule has 202 valence electrons. The maximum Gasteiger partial charge on any atom is 0.284 e. The van der Waals surface area contributed by atoms with Crippen molar-refractivity contribution in [1.29, 1.82) is 0 Å². The Morgan fingerprint density at radius 2 is 1.92 bits per heavy atom. The van der Waals surface area contributed by atoms with Gasteiger partial charge in [-0.3, -0.25) is 4.79 Å². The molecule has 8 nitrogen and oxygen atoms in total. The first kappa shape index (κ1) is 27.7. The Labute approximate surface area is 229 Å². The topological polar surface area (TPSA) is 88.6 Å². The number of carbonyl (C=O) groups is 1. The molecule has 1 heterocycles. The first-order valence-electron chi connectivity index (χ1n) is 11.8. The van der Waals surface area contributed by atoms with Crippen molar-refractivity contribution in [2.45, 2.75) is 6.61 Å². The number of halogens is 3. The number of ether oxygens (including phenoxy) is 2. The number of carbonyl (C=O) groups excluding carboxylic acids is 1. The molecule has 2 N–H and O–H groups in total. The standard InChI is InChI=1S/C28H26ClF2N5O3/c1-36(2)10-9-22(31)28(37)35-24-13-20-23(14-26(24)38-3)32-16-33-27(20)34-19-7-8-25(21(29)12-19)39-15-17-5-4-6-18(30)11-17/h4-9,11-14,16H,10,15H2,1-3H3,(H,35,37)(H,32,33,34)/b22-9-. The van der Waals surface area contributed by atoms with Crippen LogP contribution in [-0.4, -0.2) is 48.5 Å². The number of hydrogen-bond donors (Lipinski definition) is 2. The van der Waals surface area contributed by atoms with E-state index in [0.717, 1.165) is 0 Å². The van der Waals surface area contributed by atoms with Crippen molar-refractivity contribution in [2.24, 2.45) is 0 Å². The lowest BCUT2D eigenvalue weighted by Gasteiger charge is -2.14. The highest BCUT2D eigenvalue weighted by Crippen LogP contribution is 2.35. The van der Waals surface area contributed by atoms with Crippen molar-refractivity contribution in [3.8, 4) is 11.5 Å². The molecule has 3 aromatic carbocycles. The molecule has 0 aliphatic carbocycles. The van der Waals surface area contributed by atoms with Crippen molar-refractivity contribution in [3.63, 3.8) is 0 Å². The lowest BCUT2D eigenvalue weighted by molar-refractivity contribution is -0.114. The fourth-order valence-electron chi connectivity index (χ4n) is 3.61. The molecule has 11 heteroatoms. The van der Waals surface area contributed by atoms with Crippen molar-refractivity contribution in [2.75, 3.05) is 38.4 Å². The highest BCUT2D eigenvalue weighted by Gasteiger charge is 2.16. The minimum Gasteiger partial charge on any atom is -0.494 e. The molecule has 0 spiro atoms. The van der Waals surface area contributed by atoms with Gasteiger partial charge in [0.2, 0.25) is 0 Å². The van der Waals surface area contributed by atoms with E-state index in [1.54, 1.807) is 61.5 Å². The number of likely N-dealkylation sites (N-methyl/N-ethyl adjacent to an activating group) is 1. The van der Waals surface area contributed by atoms with Crippen LogP contribution in [-0.2, 0) is 11.4 Å². The molecule has 39 heavy (non-hydrogen) atoms. The van der Waals surface area contributed by atoms with Gasteiger partial charge in [-0.25, -0.2) is 18.7 Å². The number of nitrogens with zero attached hydrogens (tertiary/aromatic N) is 3. The van der Waals surface area contributed by atoms with Gasteiger partial charge in [0.15, 0.2) is 5.83 Å². The van der Waals surface area contributed by atoms with Crippen LogP contribution < -0.4 is 20.1 Å². The molecular weight excluding hydrogens is 528 g/mol. The van der Waals surface area contributed by atoms with Crippen molar-refractivity contribution < 1.29 is 23.0 Å². The summed E-state index contributed by atoms with van der Waals surface area (Å²) in [5, 5.41) is 6.62. The number of methoxy groups -OCH3 is 1. The highest BCUT2D eigenvalue weighted by molar-refractivity contribution is 6.32. The van der Waals surface area contributed by atoms with E-state index in [4.69, 9.17) is 21.1 Å². The van der Waals surface area contributed by atoms with Crippen LogP contribution >= 0.6 is 11.6 Å². The van der Waals surface area contributed by atoms with Crippen molar-refractivity contribution in [1.82, 2.24) is 14.9 Å². The molecule has 0 fully saturated rings. The van der Waals surface area contributed by atoms with Crippen LogP contribution in [0.15, 0.2) is 72.8 Å². The van der Waals surface area contributed by atoms with Crippen LogP contribution in [0, 0.1) is 5.82 Å². The third-order valence-electron chi connectivity index (χ3n) is 5.54. The van der Waals surface area contributed by atoms with E-state index in [2.05, 4.69) is 20.6 Å². The van der Waals surface area contributed by atoms with Crippen molar-refractivity contribution >= 4 is 45.6 Å². The first-order chi connectivity index (χ1) is 18.7. The third-order valence-corrected chi connectivity index (χ3v) is 5.83. The average molecular weight is 554 g/mol. The van der Waals surface area contributed by atoms with Gasteiger partial charge in [0.25, 0.3) is 5.91 Å². The third kappa shape index (κ3) is 7.18. The zero-order valence-corrected chi connectivity index (χ0v) is 22.2. The van der Waals surface area contributed by atoms with E-state index in [9.17, 15) is 13.6 Å². The number of aromatic nitrogens is 2. The number of rotatable bonds is 10. The molecule has 4 aromatic rings. The van der Waals surface area contributed by atoms with Gasteiger partial charge in [-0.2, -0.15) is 0 Å². The number of amides is 1. The maximum absolute atomic E-state index is 14.3. The van der Waals surface area contributed by atoms with Crippen LogP contribution in [0.5, 0.6) is 11.5 Å². The molecule has 0 aliphatic heterocycles. The molecule has 0 radical (unpaired) electrons. The van der Waals surface area contributed by atoms with Gasteiger partial charge in [0.05, 0.1) is 23.3 Å². The summed E-state index contributed by atoms with van der Waals surface area (Å²) in [5.41, 5.74) is 2.07. The van der Waals surface area contributed by atoms with Gasteiger partial charge in [0, 0.05) is 23.7 Å². The zero-order valence-electron chi connectivity index (χ0n) is 21.5. The summed E-state index contributed by atoms with van der Waals surface area (Å²) in [4.78, 5) is 22.7. The molecule has 1 amide bonds. The molecule has 0 saturated heterocycles. The summed E-state index contributed by atoms with van der Waals surface area (Å²) >= 11 is 6.43. The lowest BCUT2D eigenvalue weighted by atomic mass is 10.1. The van der Waals surface area contributed by atoms with E-state index >= 15 is 0 Å². The van der Waals surface area contributed by atoms with Gasteiger partial charge in [-0.15, -0.1) is 0 Å². The van der Waals surface area contributed by atoms with Gasteiger partial charge in [0.1, 0.15) is 36.1 Å². The number of anilines is 3. The molecule has 0 aliphatic rings. The van der Waals surface area contributed by atoms with Crippen LogP contribution in [0.3, 0.4) is 0 Å². The van der Waals surface area contributed by atoms with Gasteiger partial charge < -0.3 is 25.0 Å². The Kier molecular flexibility index (Phi) is 8.90. The summed E-state index contributed by atoms with van der Waals surface area (Å²) in [7, 11) is 4.97. The normalized spacial score (nSPS) is 11.5. The first-order valence-corrected chi connectivity index (χ1v) is 12.2. The summed E-state index contributed by atoms with van der Waals surface area (Å²) in [6.07, 6.45) is 2.57. The Hall–Kier alpha value is -4.28. The zero-order chi connectivity index (χ0) is 27.9. The molecule has 1 aromatic heterocycles. The Morgan fingerprint density at radius 1 is 1.10 bits per heavy atom. The molecule has 0 unspecified atom stereocenters. The summed E-state index contributed by atoms with van der Waals surface area (Å²) in [6, 6.07) is 14.4. The summed E-state index contributed by atoms with van der Waals surface area (Å²) in [5.74, 6) is -0.998. The molecular formula is C28H26ClF2N5O3. The molecule has 0 saturated carbocycles. The largest absolute Gasteiger partial charge is 0.494 e. The van der Waals surface area contributed by atoms with Crippen LogP contribution in [0.1, 0.15) is 5.56 Å². The smallest absolute Gasteiger partial charge is 0.284 e. The highest BCUT2D eigenvalue weighted by atomic mass is 35.5. The summed E-state index contributed by atoms with van der Waals surface area (Å²) in [6.45, 7) is 0.426. The van der Waals surface area contributed by atoms with E-state index in [1.165, 1.54) is 31.6 Å². The van der Waals surface area contributed by atoms with E-state index < -0.39 is 11.7 Å². The minimum atomic E-state index is -0.914. The Morgan fingerprint density at radius 3 is 2.64 bits per heavy atom. The molecule has 0 bridgehead atoms. The fraction of sp³-hybridized carbons (Fsp3) is 0.179. The Bertz CT molecular complexity index is 1530. The number of hydrogen-bond acceptors (Lipinski definition) is 7. The fourth-order valence-corrected chi connectivity index (χ4v) is 3.84. The second-order valence-corrected chi connectivity index (χ2v) is 9.16. The molecule has 0 atom stereocenters. The number of benzene rings is 3.